The van der Waals surface area contributed by atoms with Gasteiger partial charge in [0.25, 0.3) is 0 Å². The minimum Gasteiger partial charge on any atom is -0.326 e. The Morgan fingerprint density at radius 3 is 2.67 bits per heavy atom. The number of aromatic nitrogens is 3. The lowest BCUT2D eigenvalue weighted by Crippen LogP contribution is -2.02. The van der Waals surface area contributed by atoms with Gasteiger partial charge in [0.05, 0.1) is 5.69 Å². The first-order valence-corrected chi connectivity index (χ1v) is 4.56. The predicted molar refractivity (Wildman–Crippen MR) is 54.3 cm³/mol. The van der Waals surface area contributed by atoms with E-state index >= 15 is 0 Å². The highest BCUT2D eigenvalue weighted by atomic mass is 19.1. The van der Waals surface area contributed by atoms with E-state index in [0.29, 0.717) is 17.0 Å². The van der Waals surface area contributed by atoms with Gasteiger partial charge in [-0.1, -0.05) is 6.07 Å². The molecule has 15 heavy (non-hydrogen) atoms. The van der Waals surface area contributed by atoms with Crippen LogP contribution in [0.1, 0.15) is 5.56 Å². The van der Waals surface area contributed by atoms with Gasteiger partial charge in [-0.2, -0.15) is 9.49 Å². The third-order valence-corrected chi connectivity index (χ3v) is 2.12. The number of nitrogens with two attached hydrogens (primary N) is 1. The largest absolute Gasteiger partial charge is 0.326 e. The summed E-state index contributed by atoms with van der Waals surface area (Å²) >= 11 is 0. The van der Waals surface area contributed by atoms with E-state index in [1.165, 1.54) is 0 Å². The molecule has 2 rings (SSSR count). The van der Waals surface area contributed by atoms with E-state index in [2.05, 4.69) is 10.1 Å². The van der Waals surface area contributed by atoms with Crippen LogP contribution >= 0.6 is 0 Å². The molecule has 0 radical (unpaired) electrons. The molecule has 0 aliphatic heterocycles. The van der Waals surface area contributed by atoms with Crippen molar-refractivity contribution in [3.8, 4) is 11.4 Å². The fraction of sp³-hybridized carbons (Fsp3) is 0.200. The Morgan fingerprint density at radius 2 is 2.13 bits per heavy atom. The fourth-order valence-corrected chi connectivity index (χ4v) is 1.31. The molecule has 0 saturated carbocycles. The van der Waals surface area contributed by atoms with Crippen LogP contribution in [-0.2, 0) is 13.6 Å². The Labute approximate surface area is 86.6 Å². The number of nitrogens with zero attached hydrogens (tertiary/aromatic N) is 3. The lowest BCUT2D eigenvalue weighted by atomic mass is 10.2. The van der Waals surface area contributed by atoms with Crippen molar-refractivity contribution in [3.05, 3.63) is 35.9 Å². The van der Waals surface area contributed by atoms with E-state index in [-0.39, 0.29) is 6.54 Å². The average molecular weight is 206 g/mol. The summed E-state index contributed by atoms with van der Waals surface area (Å²) in [5.74, 6) is -0.527. The van der Waals surface area contributed by atoms with Crippen molar-refractivity contribution in [1.82, 2.24) is 14.8 Å². The average Bonchev–Trinajstić information content (AvgIpc) is 2.65. The van der Waals surface area contributed by atoms with Gasteiger partial charge in [-0.3, -0.25) is 4.68 Å². The molecule has 0 saturated heterocycles. The first kappa shape index (κ1) is 9.79. The molecule has 0 aliphatic rings. The molecule has 0 bridgehead atoms. The normalized spacial score (nSPS) is 10.6. The number of rotatable bonds is 2. The zero-order valence-corrected chi connectivity index (χ0v) is 8.31. The van der Waals surface area contributed by atoms with Crippen LogP contribution in [0.3, 0.4) is 0 Å². The highest BCUT2D eigenvalue weighted by molar-refractivity contribution is 5.53. The molecule has 0 unspecified atom stereocenters. The minimum absolute atomic E-state index is 0.154. The summed E-state index contributed by atoms with van der Waals surface area (Å²) in [5.41, 5.74) is 6.93. The fourth-order valence-electron chi connectivity index (χ4n) is 1.31. The van der Waals surface area contributed by atoms with Gasteiger partial charge < -0.3 is 5.73 Å². The summed E-state index contributed by atoms with van der Waals surface area (Å²) in [6.07, 6.45) is 1.78. The summed E-state index contributed by atoms with van der Waals surface area (Å²) in [6, 6.07) is 5.13. The molecule has 2 N–H and O–H groups in total. The van der Waals surface area contributed by atoms with Gasteiger partial charge in [0.2, 0.25) is 5.95 Å². The number of halogens is 1. The third kappa shape index (κ3) is 1.87. The lowest BCUT2D eigenvalue weighted by Gasteiger charge is -2.00. The summed E-state index contributed by atoms with van der Waals surface area (Å²) in [4.78, 5) is 3.81. The standard InChI is InChI=1S/C10H11FN4/c1-15-5-4-9(14-15)8-3-2-7(6-12)10(11)13-8/h2-5H,6,12H2,1H3. The molecule has 0 fully saturated rings. The van der Waals surface area contributed by atoms with Gasteiger partial charge in [-0.25, -0.2) is 4.98 Å². The van der Waals surface area contributed by atoms with Crippen molar-refractivity contribution in [3.63, 3.8) is 0 Å². The van der Waals surface area contributed by atoms with Crippen molar-refractivity contribution in [2.24, 2.45) is 12.8 Å². The van der Waals surface area contributed by atoms with Gasteiger partial charge in [-0.05, 0) is 12.1 Å². The highest BCUT2D eigenvalue weighted by Gasteiger charge is 2.07. The molecule has 2 aromatic rings. The van der Waals surface area contributed by atoms with Gasteiger partial charge in [-0.15, -0.1) is 0 Å². The van der Waals surface area contributed by atoms with Crippen LogP contribution in [0.15, 0.2) is 24.4 Å². The Kier molecular flexibility index (Phi) is 2.47. The van der Waals surface area contributed by atoms with E-state index < -0.39 is 5.95 Å². The van der Waals surface area contributed by atoms with Crippen molar-refractivity contribution in [2.75, 3.05) is 0 Å². The lowest BCUT2D eigenvalue weighted by molar-refractivity contribution is 0.568. The number of hydrogen-bond acceptors (Lipinski definition) is 3. The predicted octanol–water partition coefficient (Wildman–Crippen LogP) is 1.08. The smallest absolute Gasteiger partial charge is 0.217 e. The van der Waals surface area contributed by atoms with Gasteiger partial charge in [0.1, 0.15) is 5.69 Å². The maximum absolute atomic E-state index is 13.3. The molecule has 2 heterocycles. The second-order valence-electron chi connectivity index (χ2n) is 3.23. The molecule has 5 heteroatoms. The molecule has 78 valence electrons. The van der Waals surface area contributed by atoms with Crippen LogP contribution in [-0.4, -0.2) is 14.8 Å². The van der Waals surface area contributed by atoms with Crippen molar-refractivity contribution >= 4 is 0 Å². The molecule has 0 spiro atoms. The minimum atomic E-state index is -0.527. The van der Waals surface area contributed by atoms with Crippen molar-refractivity contribution in [2.45, 2.75) is 6.54 Å². The Hall–Kier alpha value is -1.75. The van der Waals surface area contributed by atoms with E-state index in [9.17, 15) is 4.39 Å². The summed E-state index contributed by atoms with van der Waals surface area (Å²) in [6.45, 7) is 0.154. The zero-order chi connectivity index (χ0) is 10.8. The number of hydrogen-bond donors (Lipinski definition) is 1. The van der Waals surface area contributed by atoms with Crippen LogP contribution < -0.4 is 5.73 Å². The van der Waals surface area contributed by atoms with Crippen molar-refractivity contribution in [1.29, 1.82) is 0 Å². The molecule has 0 aliphatic carbocycles. The summed E-state index contributed by atoms with van der Waals surface area (Å²) in [5, 5.41) is 4.13. The van der Waals surface area contributed by atoms with Crippen LogP contribution in [0, 0.1) is 5.95 Å². The van der Waals surface area contributed by atoms with E-state index in [1.807, 2.05) is 0 Å². The van der Waals surface area contributed by atoms with E-state index in [4.69, 9.17) is 5.73 Å². The van der Waals surface area contributed by atoms with Crippen LogP contribution in [0.2, 0.25) is 0 Å². The molecule has 2 aromatic heterocycles. The number of pyridine rings is 1. The Morgan fingerprint density at radius 1 is 1.33 bits per heavy atom. The Balaban J connectivity index is 2.42. The monoisotopic (exact) mass is 206 g/mol. The molecule has 0 aromatic carbocycles. The van der Waals surface area contributed by atoms with Crippen LogP contribution in [0.5, 0.6) is 0 Å². The zero-order valence-electron chi connectivity index (χ0n) is 8.31. The van der Waals surface area contributed by atoms with Gasteiger partial charge >= 0.3 is 0 Å². The van der Waals surface area contributed by atoms with Gasteiger partial charge in [0, 0.05) is 25.4 Å². The second-order valence-corrected chi connectivity index (χ2v) is 3.23. The maximum Gasteiger partial charge on any atom is 0.217 e. The first-order valence-electron chi connectivity index (χ1n) is 4.56. The van der Waals surface area contributed by atoms with Crippen LogP contribution in [0.25, 0.3) is 11.4 Å². The van der Waals surface area contributed by atoms with Crippen LogP contribution in [0.4, 0.5) is 4.39 Å². The third-order valence-electron chi connectivity index (χ3n) is 2.12. The molecule has 4 nitrogen and oxygen atoms in total. The first-order chi connectivity index (χ1) is 7.20. The highest BCUT2D eigenvalue weighted by Crippen LogP contribution is 2.15. The summed E-state index contributed by atoms with van der Waals surface area (Å²) in [7, 11) is 1.80. The van der Waals surface area contributed by atoms with Crippen molar-refractivity contribution < 1.29 is 4.39 Å². The summed E-state index contributed by atoms with van der Waals surface area (Å²) < 4.78 is 15.0. The molecular weight excluding hydrogens is 195 g/mol. The quantitative estimate of drug-likeness (QED) is 0.748. The van der Waals surface area contributed by atoms with Gasteiger partial charge in [0.15, 0.2) is 0 Å². The van der Waals surface area contributed by atoms with E-state index in [1.54, 1.807) is 36.1 Å². The topological polar surface area (TPSA) is 56.7 Å². The SMILES string of the molecule is Cn1ccc(-c2ccc(CN)c(F)n2)n1. The van der Waals surface area contributed by atoms with E-state index in [0.717, 1.165) is 0 Å². The molecule has 0 amide bonds. The second kappa shape index (κ2) is 3.78. The number of aryl methyl sites for hydroxylation is 1. The molecule has 0 atom stereocenters. The Bertz CT molecular complexity index is 478. The molecular formula is C10H11FN4. The maximum atomic E-state index is 13.3.